The fraction of sp³-hybridized carbons (Fsp3) is 1.00. The minimum atomic E-state index is -4.10. The first-order chi connectivity index (χ1) is 8.49. The Bertz CT molecular complexity index is 189. The second-order valence-corrected chi connectivity index (χ2v) is 4.14. The first kappa shape index (κ1) is 17.7. The molecule has 18 heavy (non-hydrogen) atoms. The lowest BCUT2D eigenvalue weighted by atomic mass is 10.3. The molecule has 0 heterocycles. The summed E-state index contributed by atoms with van der Waals surface area (Å²) in [7, 11) is 0. The van der Waals surface area contributed by atoms with Crippen molar-refractivity contribution in [2.24, 2.45) is 0 Å². The van der Waals surface area contributed by atoms with Gasteiger partial charge in [0.1, 0.15) is 0 Å². The molecule has 0 saturated carbocycles. The Kier molecular flexibility index (Phi) is 10.4. The molecule has 0 aliphatic carbocycles. The molecule has 1 N–H and O–H groups in total. The smallest absolute Gasteiger partial charge is 0.382 e. The number of ether oxygens (including phenoxy) is 1. The Morgan fingerprint density at radius 1 is 1.11 bits per heavy atom. The van der Waals surface area contributed by atoms with Gasteiger partial charge in [0, 0.05) is 26.3 Å². The minimum Gasteiger partial charge on any atom is -0.382 e. The molecule has 0 aromatic heterocycles. The van der Waals surface area contributed by atoms with Crippen LogP contribution in [0, 0.1) is 0 Å². The summed E-state index contributed by atoms with van der Waals surface area (Å²) in [6.07, 6.45) is -2.13. The molecule has 0 unspecified atom stereocenters. The van der Waals surface area contributed by atoms with Crippen LogP contribution in [0.2, 0.25) is 0 Å². The van der Waals surface area contributed by atoms with Crippen LogP contribution >= 0.6 is 0 Å². The number of likely N-dealkylation sites (N-methyl/N-ethyl adjacent to an activating group) is 1. The van der Waals surface area contributed by atoms with E-state index in [1.165, 1.54) is 4.90 Å². The van der Waals surface area contributed by atoms with Crippen molar-refractivity contribution in [1.82, 2.24) is 10.2 Å². The molecule has 6 heteroatoms. The summed E-state index contributed by atoms with van der Waals surface area (Å²) in [6, 6.07) is 0. The summed E-state index contributed by atoms with van der Waals surface area (Å²) < 4.78 is 41.7. The molecule has 0 atom stereocenters. The third-order valence-electron chi connectivity index (χ3n) is 2.55. The van der Waals surface area contributed by atoms with Gasteiger partial charge in [0.15, 0.2) is 0 Å². The van der Waals surface area contributed by atoms with Gasteiger partial charge in [-0.3, -0.25) is 4.90 Å². The summed E-state index contributed by atoms with van der Waals surface area (Å²) in [5, 5.41) is 3.15. The molecule has 0 amide bonds. The highest BCUT2D eigenvalue weighted by atomic mass is 19.4. The van der Waals surface area contributed by atoms with Crippen molar-refractivity contribution in [3.8, 4) is 0 Å². The van der Waals surface area contributed by atoms with Crippen LogP contribution in [0.5, 0.6) is 0 Å². The Morgan fingerprint density at radius 2 is 1.83 bits per heavy atom. The Morgan fingerprint density at radius 3 is 2.39 bits per heavy atom. The van der Waals surface area contributed by atoms with E-state index in [1.54, 1.807) is 6.92 Å². The zero-order valence-corrected chi connectivity index (χ0v) is 11.4. The van der Waals surface area contributed by atoms with Gasteiger partial charge in [-0.1, -0.05) is 6.92 Å². The number of hydrogen-bond donors (Lipinski definition) is 1. The predicted molar refractivity (Wildman–Crippen MR) is 66.8 cm³/mol. The maximum Gasteiger partial charge on any atom is 0.401 e. The molecule has 0 aliphatic rings. The van der Waals surface area contributed by atoms with E-state index in [1.807, 2.05) is 6.92 Å². The number of nitrogens with zero attached hydrogens (tertiary/aromatic N) is 1. The molecule has 0 aliphatic heterocycles. The molecular formula is C12H25F3N2O. The van der Waals surface area contributed by atoms with Gasteiger partial charge in [0.2, 0.25) is 0 Å². The van der Waals surface area contributed by atoms with Crippen LogP contribution in [0.4, 0.5) is 13.2 Å². The molecule has 0 bridgehead atoms. The largest absolute Gasteiger partial charge is 0.401 e. The lowest BCUT2D eigenvalue weighted by Gasteiger charge is -2.21. The molecule has 0 aromatic rings. The fourth-order valence-electron chi connectivity index (χ4n) is 1.56. The van der Waals surface area contributed by atoms with E-state index < -0.39 is 12.7 Å². The number of alkyl halides is 3. The van der Waals surface area contributed by atoms with Gasteiger partial charge in [0.05, 0.1) is 6.54 Å². The summed E-state index contributed by atoms with van der Waals surface area (Å²) in [5.74, 6) is 0. The van der Waals surface area contributed by atoms with Gasteiger partial charge >= 0.3 is 6.18 Å². The van der Waals surface area contributed by atoms with Crippen LogP contribution in [0.15, 0.2) is 0 Å². The lowest BCUT2D eigenvalue weighted by molar-refractivity contribution is -0.145. The highest BCUT2D eigenvalue weighted by Gasteiger charge is 2.29. The van der Waals surface area contributed by atoms with Gasteiger partial charge in [0.25, 0.3) is 0 Å². The Labute approximate surface area is 108 Å². The molecule has 3 nitrogen and oxygen atoms in total. The van der Waals surface area contributed by atoms with E-state index >= 15 is 0 Å². The van der Waals surface area contributed by atoms with E-state index in [-0.39, 0.29) is 0 Å². The second-order valence-electron chi connectivity index (χ2n) is 4.14. The third kappa shape index (κ3) is 12.1. The van der Waals surface area contributed by atoms with Crippen LogP contribution in [-0.4, -0.2) is 57.0 Å². The highest BCUT2D eigenvalue weighted by Crippen LogP contribution is 2.15. The lowest BCUT2D eigenvalue weighted by Crippen LogP contribution is -2.38. The highest BCUT2D eigenvalue weighted by molar-refractivity contribution is 4.63. The van der Waals surface area contributed by atoms with E-state index in [4.69, 9.17) is 4.74 Å². The first-order valence-corrected chi connectivity index (χ1v) is 6.57. The SMILES string of the molecule is CCOCCCCNCCN(CC)CC(F)(F)F. The quantitative estimate of drug-likeness (QED) is 0.583. The van der Waals surface area contributed by atoms with Gasteiger partial charge in [-0.2, -0.15) is 13.2 Å². The molecule has 0 rings (SSSR count). The van der Waals surface area contributed by atoms with Gasteiger partial charge in [-0.25, -0.2) is 0 Å². The van der Waals surface area contributed by atoms with E-state index in [0.29, 0.717) is 19.6 Å². The maximum atomic E-state index is 12.2. The average molecular weight is 270 g/mol. The monoisotopic (exact) mass is 270 g/mol. The van der Waals surface area contributed by atoms with Crippen LogP contribution in [-0.2, 0) is 4.74 Å². The molecule has 0 saturated heterocycles. The van der Waals surface area contributed by atoms with Crippen molar-refractivity contribution in [3.05, 3.63) is 0 Å². The molecule has 0 fully saturated rings. The third-order valence-corrected chi connectivity index (χ3v) is 2.55. The van der Waals surface area contributed by atoms with Gasteiger partial charge in [-0.05, 0) is 32.9 Å². The normalized spacial score (nSPS) is 12.3. The summed E-state index contributed by atoms with van der Waals surface area (Å²) >= 11 is 0. The van der Waals surface area contributed by atoms with Crippen molar-refractivity contribution in [2.75, 3.05) is 45.9 Å². The van der Waals surface area contributed by atoms with Crippen LogP contribution in [0.25, 0.3) is 0 Å². The van der Waals surface area contributed by atoms with Gasteiger partial charge in [-0.15, -0.1) is 0 Å². The van der Waals surface area contributed by atoms with Crippen LogP contribution in [0.1, 0.15) is 26.7 Å². The Balaban J connectivity index is 3.40. The summed E-state index contributed by atoms with van der Waals surface area (Å²) in [4.78, 5) is 1.40. The molecule has 0 spiro atoms. The zero-order chi connectivity index (χ0) is 13.9. The number of hydrogen-bond acceptors (Lipinski definition) is 3. The molecule has 110 valence electrons. The maximum absolute atomic E-state index is 12.2. The van der Waals surface area contributed by atoms with E-state index in [0.717, 1.165) is 32.6 Å². The number of unbranched alkanes of at least 4 members (excludes halogenated alkanes) is 1. The van der Waals surface area contributed by atoms with Crippen LogP contribution in [0.3, 0.4) is 0 Å². The van der Waals surface area contributed by atoms with Crippen LogP contribution < -0.4 is 5.32 Å². The average Bonchev–Trinajstić information content (AvgIpc) is 2.29. The van der Waals surface area contributed by atoms with E-state index in [9.17, 15) is 13.2 Å². The number of rotatable bonds is 11. The number of nitrogens with one attached hydrogen (secondary N) is 1. The topological polar surface area (TPSA) is 24.5 Å². The molecule has 0 radical (unpaired) electrons. The Hall–Kier alpha value is -0.330. The van der Waals surface area contributed by atoms with Crippen molar-refractivity contribution in [2.45, 2.75) is 32.9 Å². The summed E-state index contributed by atoms with van der Waals surface area (Å²) in [5.41, 5.74) is 0. The first-order valence-electron chi connectivity index (χ1n) is 6.57. The standard InChI is InChI=1S/C12H25F3N2O/c1-3-17(11-12(13,14)15)9-8-16-7-5-6-10-18-4-2/h16H,3-11H2,1-2H3. The second kappa shape index (κ2) is 10.6. The minimum absolute atomic E-state index is 0.422. The van der Waals surface area contributed by atoms with Crippen molar-refractivity contribution in [3.63, 3.8) is 0 Å². The van der Waals surface area contributed by atoms with Crippen molar-refractivity contribution < 1.29 is 17.9 Å². The van der Waals surface area contributed by atoms with Crippen molar-refractivity contribution >= 4 is 0 Å². The zero-order valence-electron chi connectivity index (χ0n) is 11.4. The number of halogens is 3. The molecule has 0 aromatic carbocycles. The van der Waals surface area contributed by atoms with E-state index in [2.05, 4.69) is 5.32 Å². The summed E-state index contributed by atoms with van der Waals surface area (Å²) in [6.45, 7) is 6.65. The predicted octanol–water partition coefficient (Wildman–Crippen LogP) is 2.28. The fourth-order valence-corrected chi connectivity index (χ4v) is 1.56. The molecular weight excluding hydrogens is 245 g/mol. The van der Waals surface area contributed by atoms with Crippen molar-refractivity contribution in [1.29, 1.82) is 0 Å². The van der Waals surface area contributed by atoms with Gasteiger partial charge < -0.3 is 10.1 Å².